The monoisotopic (exact) mass is 299 g/mol. The van der Waals surface area contributed by atoms with E-state index < -0.39 is 11.7 Å². The molecule has 3 heteroatoms. The molecule has 0 heterocycles. The maximum Gasteiger partial charge on any atom is 0.158 e. The van der Waals surface area contributed by atoms with E-state index in [9.17, 15) is 9.18 Å². The zero-order valence-electron chi connectivity index (χ0n) is 13.2. The van der Waals surface area contributed by atoms with Crippen molar-refractivity contribution in [3.05, 3.63) is 66.2 Å². The number of unbranched alkanes of at least 4 members (excludes halogenated alkanes) is 1. The van der Waals surface area contributed by atoms with Gasteiger partial charge in [-0.05, 0) is 25.0 Å². The maximum absolute atomic E-state index is 13.8. The Kier molecular flexibility index (Phi) is 11.0. The van der Waals surface area contributed by atoms with Gasteiger partial charge in [-0.2, -0.15) is 5.26 Å². The molecule has 116 valence electrons. The number of hydrogen-bond donors (Lipinski definition) is 0. The Morgan fingerprint density at radius 1 is 1.41 bits per heavy atom. The van der Waals surface area contributed by atoms with Crippen LogP contribution in [0.4, 0.5) is 4.39 Å². The van der Waals surface area contributed by atoms with Crippen molar-refractivity contribution in [3.63, 3.8) is 0 Å². The van der Waals surface area contributed by atoms with Gasteiger partial charge in [0.05, 0.1) is 11.6 Å². The number of hydrogen-bond acceptors (Lipinski definition) is 2. The van der Waals surface area contributed by atoms with Crippen LogP contribution in [0.2, 0.25) is 0 Å². The second-order valence-electron chi connectivity index (χ2n) is 4.19. The molecule has 0 aliphatic heterocycles. The summed E-state index contributed by atoms with van der Waals surface area (Å²) in [7, 11) is 0. The van der Waals surface area contributed by atoms with E-state index in [2.05, 4.69) is 12.3 Å². The van der Waals surface area contributed by atoms with Crippen LogP contribution in [0, 0.1) is 17.2 Å². The highest BCUT2D eigenvalue weighted by Gasteiger charge is 2.24. The van der Waals surface area contributed by atoms with Crippen LogP contribution >= 0.6 is 0 Å². The van der Waals surface area contributed by atoms with Gasteiger partial charge < -0.3 is 0 Å². The smallest absolute Gasteiger partial charge is 0.158 e. The second-order valence-corrected chi connectivity index (χ2v) is 4.19. The molecule has 1 aliphatic rings. The first-order chi connectivity index (χ1) is 10.7. The highest BCUT2D eigenvalue weighted by molar-refractivity contribution is 5.88. The first-order valence-electron chi connectivity index (χ1n) is 7.38. The summed E-state index contributed by atoms with van der Waals surface area (Å²) < 4.78 is 13.8. The molecule has 0 aromatic heterocycles. The summed E-state index contributed by atoms with van der Waals surface area (Å²) in [6.07, 6.45) is 12.9. The first-order valence-corrected chi connectivity index (χ1v) is 7.38. The third kappa shape index (κ3) is 6.83. The maximum atomic E-state index is 13.8. The summed E-state index contributed by atoms with van der Waals surface area (Å²) in [6.45, 7) is 7.60. The number of carbonyl (C=O) groups excluding carboxylic acids is 1. The lowest BCUT2D eigenvalue weighted by Gasteiger charge is -2.07. The van der Waals surface area contributed by atoms with Gasteiger partial charge in [0.2, 0.25) is 0 Å². The molecule has 0 fully saturated rings. The Hall–Kier alpha value is -2.43. The number of nitrogens with zero attached hydrogens (tertiary/aromatic N) is 1. The van der Waals surface area contributed by atoms with E-state index in [-0.39, 0.29) is 17.8 Å². The van der Waals surface area contributed by atoms with Crippen LogP contribution < -0.4 is 0 Å². The van der Waals surface area contributed by atoms with Crippen molar-refractivity contribution in [2.24, 2.45) is 5.92 Å². The average molecular weight is 299 g/mol. The largest absolute Gasteiger partial charge is 0.297 e. The Morgan fingerprint density at radius 2 is 2.14 bits per heavy atom. The van der Waals surface area contributed by atoms with Crippen LogP contribution in [0.1, 0.15) is 33.1 Å². The fraction of sp³-hybridized carbons (Fsp3) is 0.316. The minimum Gasteiger partial charge on any atom is -0.297 e. The number of ketones is 1. The molecule has 0 saturated carbocycles. The summed E-state index contributed by atoms with van der Waals surface area (Å²) in [5, 5.41) is 9.10. The first kappa shape index (κ1) is 19.6. The molecule has 0 bridgehead atoms. The zero-order valence-corrected chi connectivity index (χ0v) is 13.2. The molecule has 1 atom stereocenters. The lowest BCUT2D eigenvalue weighted by atomic mass is 9.93. The van der Waals surface area contributed by atoms with Crippen LogP contribution in [0.3, 0.4) is 0 Å². The number of halogens is 1. The van der Waals surface area contributed by atoms with Crippen LogP contribution in [0.15, 0.2) is 66.2 Å². The molecule has 1 unspecified atom stereocenters. The lowest BCUT2D eigenvalue weighted by molar-refractivity contribution is -0.119. The van der Waals surface area contributed by atoms with Crippen molar-refractivity contribution in [3.8, 4) is 6.07 Å². The SMILES string of the molecule is C=CCC/C=C/CC(=O)C(C#N)C1=C=CC=CC=C1F.CC. The van der Waals surface area contributed by atoms with Crippen molar-refractivity contribution >= 4 is 5.78 Å². The molecule has 0 aromatic rings. The van der Waals surface area contributed by atoms with E-state index in [4.69, 9.17) is 5.26 Å². The lowest BCUT2D eigenvalue weighted by Crippen LogP contribution is -2.14. The number of allylic oxidation sites excluding steroid dienone is 8. The Morgan fingerprint density at radius 3 is 2.77 bits per heavy atom. The molecule has 22 heavy (non-hydrogen) atoms. The normalized spacial score (nSPS) is 14.1. The van der Waals surface area contributed by atoms with Crippen molar-refractivity contribution in [1.29, 1.82) is 5.26 Å². The van der Waals surface area contributed by atoms with Gasteiger partial charge in [-0.1, -0.05) is 44.2 Å². The van der Waals surface area contributed by atoms with Crippen LogP contribution in [0.5, 0.6) is 0 Å². The Labute approximate surface area is 132 Å². The predicted octanol–water partition coefficient (Wildman–Crippen LogP) is 5.14. The standard InChI is InChI=1S/C17H16FNO.C2H6/c1-2-3-4-5-9-12-17(20)15(13-19)14-10-7-6-8-11-16(14)18;1-2/h2,5-9,11,15H,1,3-4,12H2;1-2H3/b9-5+;. The van der Waals surface area contributed by atoms with Crippen LogP contribution in [-0.4, -0.2) is 5.78 Å². The van der Waals surface area contributed by atoms with E-state index in [0.717, 1.165) is 12.8 Å². The van der Waals surface area contributed by atoms with Gasteiger partial charge in [0, 0.05) is 6.42 Å². The Bertz CT molecular complexity index is 567. The quantitative estimate of drug-likeness (QED) is 0.371. The molecule has 1 aliphatic carbocycles. The topological polar surface area (TPSA) is 40.9 Å². The zero-order chi connectivity index (χ0) is 16.8. The number of nitriles is 1. The number of carbonyl (C=O) groups is 1. The molecule has 0 N–H and O–H groups in total. The molecule has 0 aromatic carbocycles. The summed E-state index contributed by atoms with van der Waals surface area (Å²) in [5.74, 6) is -2.04. The van der Waals surface area contributed by atoms with Crippen molar-refractivity contribution < 1.29 is 9.18 Å². The summed E-state index contributed by atoms with van der Waals surface area (Å²) >= 11 is 0. The van der Waals surface area contributed by atoms with E-state index >= 15 is 0 Å². The Balaban J connectivity index is 0.00000211. The molecular weight excluding hydrogens is 277 g/mol. The van der Waals surface area contributed by atoms with Crippen molar-refractivity contribution in [2.75, 3.05) is 0 Å². The predicted molar refractivity (Wildman–Crippen MR) is 88.6 cm³/mol. The molecule has 0 spiro atoms. The van der Waals surface area contributed by atoms with Gasteiger partial charge in [0.25, 0.3) is 0 Å². The van der Waals surface area contributed by atoms with Gasteiger partial charge in [-0.25, -0.2) is 4.39 Å². The number of rotatable bonds is 7. The summed E-state index contributed by atoms with van der Waals surface area (Å²) in [4.78, 5) is 12.0. The summed E-state index contributed by atoms with van der Waals surface area (Å²) in [6, 6.07) is 1.85. The van der Waals surface area contributed by atoms with Gasteiger partial charge in [-0.15, -0.1) is 12.3 Å². The minimum absolute atomic E-state index is 0.00184. The molecule has 0 saturated heterocycles. The third-order valence-electron chi connectivity index (χ3n) is 2.71. The van der Waals surface area contributed by atoms with Gasteiger partial charge in [0.15, 0.2) is 5.78 Å². The van der Waals surface area contributed by atoms with Gasteiger partial charge >= 0.3 is 0 Å². The fourth-order valence-electron chi connectivity index (χ4n) is 1.66. The summed E-state index contributed by atoms with van der Waals surface area (Å²) in [5.41, 5.74) is 2.66. The minimum atomic E-state index is -1.12. The average Bonchev–Trinajstić information content (AvgIpc) is 2.75. The molecule has 0 amide bonds. The second kappa shape index (κ2) is 12.3. The van der Waals surface area contributed by atoms with E-state index in [1.54, 1.807) is 18.2 Å². The fourth-order valence-corrected chi connectivity index (χ4v) is 1.66. The number of Topliss-reactive ketones (excluding diaryl/α,β-unsaturated/α-hetero) is 1. The van der Waals surface area contributed by atoms with E-state index in [1.165, 1.54) is 18.2 Å². The van der Waals surface area contributed by atoms with Gasteiger partial charge in [0.1, 0.15) is 11.7 Å². The molecule has 2 nitrogen and oxygen atoms in total. The van der Waals surface area contributed by atoms with Crippen LogP contribution in [-0.2, 0) is 4.79 Å². The molecular formula is C19H22FNO. The third-order valence-corrected chi connectivity index (χ3v) is 2.71. The highest BCUT2D eigenvalue weighted by Crippen LogP contribution is 2.23. The van der Waals surface area contributed by atoms with Crippen LogP contribution in [0.25, 0.3) is 0 Å². The van der Waals surface area contributed by atoms with Gasteiger partial charge in [-0.3, -0.25) is 4.79 Å². The van der Waals surface area contributed by atoms with E-state index in [0.29, 0.717) is 0 Å². The molecule has 1 rings (SSSR count). The molecule has 0 radical (unpaired) electrons. The highest BCUT2D eigenvalue weighted by atomic mass is 19.1. The van der Waals surface area contributed by atoms with E-state index in [1.807, 2.05) is 26.0 Å². The van der Waals surface area contributed by atoms with Crippen molar-refractivity contribution in [2.45, 2.75) is 33.1 Å². The van der Waals surface area contributed by atoms with Crippen molar-refractivity contribution in [1.82, 2.24) is 0 Å².